The minimum Gasteiger partial charge on any atom is -0.508 e. The van der Waals surface area contributed by atoms with Crippen LogP contribution in [0.25, 0.3) is 53.8 Å². The molecule has 0 saturated carbocycles. The molecular formula is C33H24N8O4S2. The van der Waals surface area contributed by atoms with Gasteiger partial charge < -0.3 is 19.7 Å². The Morgan fingerprint density at radius 1 is 0.574 bits per heavy atom. The van der Waals surface area contributed by atoms with Crippen molar-refractivity contribution < 1.29 is 19.7 Å². The van der Waals surface area contributed by atoms with Crippen LogP contribution in [0.3, 0.4) is 0 Å². The standard InChI is InChI=1S/C33H24N8O4S2/c1-44-26-13-3-18(16-24(26)28-34-36-32-40(28)38-30(46-32)20-5-9-22(42)10-6-20)15-19-4-14-27(45-2)25(17-19)29-35-37-33-41(29)39-31(47-33)21-7-11-23(43)12-8-21/h3-14,16-17,42-43H,15H2,1-2H3. The first-order chi connectivity index (χ1) is 23.0. The van der Waals surface area contributed by atoms with Gasteiger partial charge in [0.2, 0.25) is 9.92 Å². The van der Waals surface area contributed by atoms with Crippen molar-refractivity contribution in [3.8, 4) is 66.9 Å². The van der Waals surface area contributed by atoms with E-state index < -0.39 is 0 Å². The van der Waals surface area contributed by atoms with Crippen molar-refractivity contribution in [2.75, 3.05) is 14.2 Å². The van der Waals surface area contributed by atoms with Crippen molar-refractivity contribution in [2.45, 2.75) is 6.42 Å². The first-order valence-corrected chi connectivity index (χ1v) is 16.0. The van der Waals surface area contributed by atoms with Crippen LogP contribution >= 0.6 is 22.7 Å². The largest absolute Gasteiger partial charge is 0.508 e. The summed E-state index contributed by atoms with van der Waals surface area (Å²) in [5, 5.41) is 48.1. The van der Waals surface area contributed by atoms with Gasteiger partial charge in [0.1, 0.15) is 33.0 Å². The molecule has 8 aromatic rings. The predicted molar refractivity (Wildman–Crippen MR) is 178 cm³/mol. The van der Waals surface area contributed by atoms with Crippen molar-refractivity contribution >= 4 is 32.6 Å². The lowest BCUT2D eigenvalue weighted by molar-refractivity contribution is 0.416. The van der Waals surface area contributed by atoms with E-state index in [1.807, 2.05) is 60.7 Å². The summed E-state index contributed by atoms with van der Waals surface area (Å²) < 4.78 is 14.9. The summed E-state index contributed by atoms with van der Waals surface area (Å²) in [7, 11) is 3.25. The lowest BCUT2D eigenvalue weighted by atomic mass is 9.99. The van der Waals surface area contributed by atoms with Crippen molar-refractivity contribution in [2.24, 2.45) is 0 Å². The molecule has 0 amide bonds. The first-order valence-electron chi connectivity index (χ1n) is 14.4. The molecule has 0 saturated heterocycles. The zero-order chi connectivity index (χ0) is 32.1. The van der Waals surface area contributed by atoms with Crippen molar-refractivity contribution in [1.82, 2.24) is 39.6 Å². The Bertz CT molecular complexity index is 2230. The number of nitrogens with zero attached hydrogens (tertiary/aromatic N) is 8. The molecule has 0 aliphatic carbocycles. The van der Waals surface area contributed by atoms with Crippen LogP contribution in [0, 0.1) is 0 Å². The number of hydrogen-bond acceptors (Lipinski definition) is 12. The number of benzene rings is 4. The van der Waals surface area contributed by atoms with E-state index in [2.05, 4.69) is 20.4 Å². The molecule has 0 spiro atoms. The minimum atomic E-state index is 0.195. The molecule has 0 aliphatic rings. The monoisotopic (exact) mass is 660 g/mol. The molecule has 0 radical (unpaired) electrons. The number of aromatic nitrogens is 8. The number of aromatic hydroxyl groups is 2. The van der Waals surface area contributed by atoms with Gasteiger partial charge in [0.25, 0.3) is 0 Å². The second-order valence-electron chi connectivity index (χ2n) is 10.6. The van der Waals surface area contributed by atoms with E-state index in [0.29, 0.717) is 39.5 Å². The Morgan fingerprint density at radius 3 is 1.40 bits per heavy atom. The first kappa shape index (κ1) is 28.6. The molecule has 8 rings (SSSR count). The quantitative estimate of drug-likeness (QED) is 0.189. The van der Waals surface area contributed by atoms with Crippen LogP contribution in [0.15, 0.2) is 84.9 Å². The number of hydrogen-bond donors (Lipinski definition) is 2. The van der Waals surface area contributed by atoms with Gasteiger partial charge in [-0.15, -0.1) is 20.4 Å². The summed E-state index contributed by atoms with van der Waals surface area (Å²) >= 11 is 2.83. The number of rotatable bonds is 8. The SMILES string of the molecule is COc1ccc(Cc2ccc(OC)c(-c3nnc4sc(-c5ccc(O)cc5)nn34)c2)cc1-c1nnc2sc(-c3ccc(O)cc3)nn12. The average molecular weight is 661 g/mol. The Kier molecular flexibility index (Phi) is 7.00. The van der Waals surface area contributed by atoms with Crippen molar-refractivity contribution in [3.63, 3.8) is 0 Å². The van der Waals surface area contributed by atoms with Crippen LogP contribution in [0.1, 0.15) is 11.1 Å². The Balaban J connectivity index is 1.14. The number of phenols is 2. The lowest BCUT2D eigenvalue weighted by Gasteiger charge is -2.11. The van der Waals surface area contributed by atoms with Gasteiger partial charge >= 0.3 is 0 Å². The normalized spacial score (nSPS) is 11.4. The van der Waals surface area contributed by atoms with Gasteiger partial charge in [0.15, 0.2) is 11.6 Å². The number of ether oxygens (including phenoxy) is 2. The molecule has 14 heteroatoms. The van der Waals surface area contributed by atoms with E-state index in [0.717, 1.165) is 43.4 Å². The smallest absolute Gasteiger partial charge is 0.235 e. The molecule has 4 aromatic heterocycles. The molecule has 4 aromatic carbocycles. The fourth-order valence-corrected chi connectivity index (χ4v) is 7.02. The van der Waals surface area contributed by atoms with Crippen molar-refractivity contribution in [1.29, 1.82) is 0 Å². The fourth-order valence-electron chi connectivity index (χ4n) is 5.33. The maximum atomic E-state index is 9.68. The maximum absolute atomic E-state index is 9.68. The molecule has 0 unspecified atom stereocenters. The average Bonchev–Trinajstić information content (AvgIpc) is 3.87. The van der Waals surface area contributed by atoms with E-state index >= 15 is 0 Å². The maximum Gasteiger partial charge on any atom is 0.235 e. The summed E-state index contributed by atoms with van der Waals surface area (Å²) in [6.45, 7) is 0. The van der Waals surface area contributed by atoms with E-state index in [-0.39, 0.29) is 11.5 Å². The molecule has 0 bridgehead atoms. The molecule has 2 N–H and O–H groups in total. The van der Waals surface area contributed by atoms with Crippen LogP contribution < -0.4 is 9.47 Å². The van der Waals surface area contributed by atoms with Crippen LogP contribution in [-0.2, 0) is 6.42 Å². The van der Waals surface area contributed by atoms with Gasteiger partial charge in [-0.1, -0.05) is 34.8 Å². The molecule has 0 atom stereocenters. The Labute approximate surface area is 274 Å². The number of methoxy groups -OCH3 is 2. The summed E-state index contributed by atoms with van der Waals surface area (Å²) in [4.78, 5) is 1.29. The van der Waals surface area contributed by atoms with E-state index in [9.17, 15) is 10.2 Å². The van der Waals surface area contributed by atoms with E-state index in [4.69, 9.17) is 19.7 Å². The Morgan fingerprint density at radius 2 is 1.00 bits per heavy atom. The molecule has 0 aliphatic heterocycles. The molecule has 232 valence electrons. The molecule has 47 heavy (non-hydrogen) atoms. The number of phenolic OH excluding ortho intramolecular Hbond substituents is 2. The summed E-state index contributed by atoms with van der Waals surface area (Å²) in [6.07, 6.45) is 0.601. The van der Waals surface area contributed by atoms with Crippen LogP contribution in [0.4, 0.5) is 0 Å². The number of fused-ring (bicyclic) bond motifs is 2. The topological polar surface area (TPSA) is 145 Å². The fraction of sp³-hybridized carbons (Fsp3) is 0.0909. The zero-order valence-electron chi connectivity index (χ0n) is 24.9. The highest BCUT2D eigenvalue weighted by molar-refractivity contribution is 7.20. The molecular weight excluding hydrogens is 637 g/mol. The highest BCUT2D eigenvalue weighted by Crippen LogP contribution is 2.36. The van der Waals surface area contributed by atoms with Gasteiger partial charge in [0, 0.05) is 11.1 Å². The minimum absolute atomic E-state index is 0.195. The van der Waals surface area contributed by atoms with Gasteiger partial charge in [-0.3, -0.25) is 0 Å². The third-order valence-corrected chi connectivity index (χ3v) is 9.52. The zero-order valence-corrected chi connectivity index (χ0v) is 26.5. The van der Waals surface area contributed by atoms with Gasteiger partial charge in [-0.2, -0.15) is 19.2 Å². The third kappa shape index (κ3) is 5.18. The highest BCUT2D eigenvalue weighted by Gasteiger charge is 2.21. The van der Waals surface area contributed by atoms with Gasteiger partial charge in [-0.25, -0.2) is 0 Å². The summed E-state index contributed by atoms with van der Waals surface area (Å²) in [5.74, 6) is 2.82. The van der Waals surface area contributed by atoms with Crippen LogP contribution in [0.5, 0.6) is 23.0 Å². The lowest BCUT2D eigenvalue weighted by Crippen LogP contribution is -1.99. The van der Waals surface area contributed by atoms with Gasteiger partial charge in [0.05, 0.1) is 25.3 Å². The van der Waals surface area contributed by atoms with Crippen LogP contribution in [0.2, 0.25) is 0 Å². The third-order valence-electron chi connectivity index (χ3n) is 7.63. The highest BCUT2D eigenvalue weighted by atomic mass is 32.1. The predicted octanol–water partition coefficient (Wildman–Crippen LogP) is 6.37. The molecule has 0 fully saturated rings. The van der Waals surface area contributed by atoms with Gasteiger partial charge in [-0.05, 0) is 90.3 Å². The van der Waals surface area contributed by atoms with E-state index in [1.165, 1.54) is 22.7 Å². The molecule has 12 nitrogen and oxygen atoms in total. The van der Waals surface area contributed by atoms with Crippen molar-refractivity contribution in [3.05, 3.63) is 96.1 Å². The summed E-state index contributed by atoms with van der Waals surface area (Å²) in [6, 6.07) is 25.8. The van der Waals surface area contributed by atoms with Crippen LogP contribution in [-0.4, -0.2) is 64.1 Å². The summed E-state index contributed by atoms with van der Waals surface area (Å²) in [5.41, 5.74) is 5.32. The van der Waals surface area contributed by atoms with E-state index in [1.54, 1.807) is 47.5 Å². The second kappa shape index (κ2) is 11.5. The Hall–Kier alpha value is -5.86. The molecule has 4 heterocycles. The second-order valence-corrected chi connectivity index (χ2v) is 12.5.